The van der Waals surface area contributed by atoms with Gasteiger partial charge in [0, 0.05) is 12.3 Å². The highest BCUT2D eigenvalue weighted by atomic mass is 16.1. The van der Waals surface area contributed by atoms with Gasteiger partial charge in [-0.25, -0.2) is 0 Å². The second-order valence-corrected chi connectivity index (χ2v) is 12.8. The van der Waals surface area contributed by atoms with Crippen molar-refractivity contribution in [2.24, 2.45) is 59.2 Å². The van der Waals surface area contributed by atoms with Gasteiger partial charge in [-0.1, -0.05) is 40.5 Å². The van der Waals surface area contributed by atoms with Crippen molar-refractivity contribution in [2.75, 3.05) is 0 Å². The van der Waals surface area contributed by atoms with Crippen molar-refractivity contribution in [1.82, 2.24) is 0 Å². The summed E-state index contributed by atoms with van der Waals surface area (Å²) in [6, 6.07) is 0. The molecule has 0 aromatic heterocycles. The second kappa shape index (κ2) is 10.7. The third-order valence-electron chi connectivity index (χ3n) is 11.3. The Morgan fingerprint density at radius 1 is 0.548 bits per heavy atom. The van der Waals surface area contributed by atoms with Crippen molar-refractivity contribution in [2.45, 2.75) is 124 Å². The van der Waals surface area contributed by atoms with Crippen LogP contribution in [0.4, 0.5) is 0 Å². The molecule has 0 N–H and O–H groups in total. The Morgan fingerprint density at radius 3 is 1.42 bits per heavy atom. The van der Waals surface area contributed by atoms with Gasteiger partial charge in [-0.05, 0) is 130 Å². The lowest BCUT2D eigenvalue weighted by Crippen LogP contribution is -2.39. The number of ketones is 1. The molecule has 178 valence electrons. The molecule has 1 nitrogen and oxygen atoms in total. The van der Waals surface area contributed by atoms with Crippen molar-refractivity contribution < 1.29 is 4.79 Å². The topological polar surface area (TPSA) is 17.1 Å². The Balaban J connectivity index is 1.21. The van der Waals surface area contributed by atoms with Gasteiger partial charge < -0.3 is 0 Å². The Bertz CT molecular complexity index is 557. The first-order chi connectivity index (χ1) is 15.0. The minimum absolute atomic E-state index is 0.357. The minimum atomic E-state index is 0.357. The number of Topliss-reactive ketones (excluding diaryl/α,β-unsaturated/α-hetero) is 1. The zero-order valence-corrected chi connectivity index (χ0v) is 21.3. The van der Waals surface area contributed by atoms with Gasteiger partial charge in [-0.15, -0.1) is 0 Å². The summed E-state index contributed by atoms with van der Waals surface area (Å²) >= 11 is 0. The number of carbonyl (C=O) groups is 1. The fourth-order valence-corrected chi connectivity index (χ4v) is 8.93. The van der Waals surface area contributed by atoms with Crippen LogP contribution in [0.3, 0.4) is 0 Å². The average Bonchev–Trinajstić information content (AvgIpc) is 2.81. The molecule has 4 atom stereocenters. The van der Waals surface area contributed by atoms with Crippen LogP contribution in [0, 0.1) is 59.2 Å². The maximum atomic E-state index is 12.4. The van der Waals surface area contributed by atoms with E-state index < -0.39 is 0 Å². The van der Waals surface area contributed by atoms with Gasteiger partial charge in [-0.3, -0.25) is 4.79 Å². The lowest BCUT2D eigenvalue weighted by atomic mass is 9.59. The molecular formula is C30H52O. The number of rotatable bonds is 5. The summed E-state index contributed by atoms with van der Waals surface area (Å²) in [4.78, 5) is 12.4. The van der Waals surface area contributed by atoms with E-state index in [-0.39, 0.29) is 0 Å². The molecule has 4 rings (SSSR count). The molecular weight excluding hydrogens is 376 g/mol. The van der Waals surface area contributed by atoms with Crippen molar-refractivity contribution in [3.8, 4) is 0 Å². The molecule has 0 heterocycles. The molecule has 31 heavy (non-hydrogen) atoms. The van der Waals surface area contributed by atoms with Gasteiger partial charge in [0.05, 0.1) is 0 Å². The predicted molar refractivity (Wildman–Crippen MR) is 132 cm³/mol. The van der Waals surface area contributed by atoms with Crippen molar-refractivity contribution >= 4 is 5.78 Å². The van der Waals surface area contributed by atoms with Crippen LogP contribution in [0.25, 0.3) is 0 Å². The zero-order valence-electron chi connectivity index (χ0n) is 21.3. The van der Waals surface area contributed by atoms with Crippen molar-refractivity contribution in [3.05, 3.63) is 0 Å². The van der Waals surface area contributed by atoms with Gasteiger partial charge in [0.15, 0.2) is 0 Å². The fraction of sp³-hybridized carbons (Fsp3) is 0.967. The van der Waals surface area contributed by atoms with Gasteiger partial charge >= 0.3 is 0 Å². The van der Waals surface area contributed by atoms with E-state index in [2.05, 4.69) is 27.7 Å². The zero-order chi connectivity index (χ0) is 22.0. The highest BCUT2D eigenvalue weighted by Gasteiger charge is 2.42. The van der Waals surface area contributed by atoms with Gasteiger partial charge in [-0.2, -0.15) is 0 Å². The second-order valence-electron chi connectivity index (χ2n) is 12.8. The maximum absolute atomic E-state index is 12.4. The van der Waals surface area contributed by atoms with E-state index in [9.17, 15) is 4.79 Å². The molecule has 4 fully saturated rings. The van der Waals surface area contributed by atoms with Crippen LogP contribution >= 0.6 is 0 Å². The van der Waals surface area contributed by atoms with Crippen LogP contribution in [0.15, 0.2) is 0 Å². The van der Waals surface area contributed by atoms with Crippen LogP contribution in [0.5, 0.6) is 0 Å². The predicted octanol–water partition coefficient (Wildman–Crippen LogP) is 8.70. The number of hydrogen-bond acceptors (Lipinski definition) is 1. The first-order valence-electron chi connectivity index (χ1n) is 14.5. The van der Waals surface area contributed by atoms with E-state index >= 15 is 0 Å². The van der Waals surface area contributed by atoms with Crippen LogP contribution in [-0.4, -0.2) is 5.78 Å². The Labute approximate surface area is 193 Å². The molecule has 4 aliphatic rings. The van der Waals surface area contributed by atoms with Gasteiger partial charge in [0.25, 0.3) is 0 Å². The Hall–Kier alpha value is -0.330. The van der Waals surface area contributed by atoms with Crippen LogP contribution < -0.4 is 0 Å². The van der Waals surface area contributed by atoms with Gasteiger partial charge in [0.2, 0.25) is 0 Å². The maximum Gasteiger partial charge on any atom is 0.135 e. The normalized spacial score (nSPS) is 47.1. The lowest BCUT2D eigenvalue weighted by molar-refractivity contribution is -0.127. The molecule has 4 saturated carbocycles. The third-order valence-corrected chi connectivity index (χ3v) is 11.3. The Morgan fingerprint density at radius 2 is 0.968 bits per heavy atom. The molecule has 0 aliphatic heterocycles. The molecule has 0 amide bonds. The summed E-state index contributed by atoms with van der Waals surface area (Å²) in [5, 5.41) is 0. The van der Waals surface area contributed by atoms with Crippen LogP contribution in [-0.2, 0) is 4.79 Å². The minimum Gasteiger partial charge on any atom is -0.299 e. The van der Waals surface area contributed by atoms with Crippen molar-refractivity contribution in [3.63, 3.8) is 0 Å². The average molecular weight is 429 g/mol. The molecule has 0 aromatic carbocycles. The standard InChI is InChI=1S/C30H52O/c1-5-30(31)29-19-18-28(21(3)22(29)4)27-16-14-26(15-17-27)25-12-10-24(11-13-25)23-8-6-20(2)7-9-23/h20-29H,5-19H2,1-4H3. The molecule has 1 heteroatoms. The first kappa shape index (κ1) is 23.8. The molecule has 0 spiro atoms. The SMILES string of the molecule is CCC(=O)C1CCC(C2CCC(C3CCC(C4CCC(C)CC4)CC3)CC2)C(C)C1C. The lowest BCUT2D eigenvalue weighted by Gasteiger charge is -2.46. The summed E-state index contributed by atoms with van der Waals surface area (Å²) in [7, 11) is 0. The smallest absolute Gasteiger partial charge is 0.135 e. The molecule has 0 saturated heterocycles. The van der Waals surface area contributed by atoms with Crippen LogP contribution in [0.1, 0.15) is 124 Å². The highest BCUT2D eigenvalue weighted by Crippen LogP contribution is 2.50. The molecule has 4 aliphatic carbocycles. The van der Waals surface area contributed by atoms with Crippen molar-refractivity contribution in [1.29, 1.82) is 0 Å². The molecule has 0 aromatic rings. The molecule has 0 bridgehead atoms. The fourth-order valence-electron chi connectivity index (χ4n) is 8.93. The number of carbonyl (C=O) groups excluding carboxylic acids is 1. The summed E-state index contributed by atoms with van der Waals surface area (Å²) in [5.41, 5.74) is 0. The summed E-state index contributed by atoms with van der Waals surface area (Å²) in [5.74, 6) is 9.29. The monoisotopic (exact) mass is 428 g/mol. The van der Waals surface area contributed by atoms with E-state index in [1.54, 1.807) is 25.7 Å². The van der Waals surface area contributed by atoms with E-state index in [0.29, 0.717) is 17.6 Å². The van der Waals surface area contributed by atoms with E-state index in [0.717, 1.165) is 53.8 Å². The third kappa shape index (κ3) is 5.43. The highest BCUT2D eigenvalue weighted by molar-refractivity contribution is 5.81. The van der Waals surface area contributed by atoms with E-state index in [1.165, 1.54) is 64.2 Å². The van der Waals surface area contributed by atoms with E-state index in [1.807, 2.05) is 0 Å². The first-order valence-corrected chi connectivity index (χ1v) is 14.5. The Kier molecular flexibility index (Phi) is 8.24. The summed E-state index contributed by atoms with van der Waals surface area (Å²) in [6.45, 7) is 9.37. The van der Waals surface area contributed by atoms with E-state index in [4.69, 9.17) is 0 Å². The largest absolute Gasteiger partial charge is 0.299 e. The van der Waals surface area contributed by atoms with Crippen LogP contribution in [0.2, 0.25) is 0 Å². The molecule has 0 radical (unpaired) electrons. The quantitative estimate of drug-likeness (QED) is 0.428. The molecule has 4 unspecified atom stereocenters. The van der Waals surface area contributed by atoms with Gasteiger partial charge in [0.1, 0.15) is 5.78 Å². The summed E-state index contributed by atoms with van der Waals surface area (Å²) < 4.78 is 0. The number of hydrogen-bond donors (Lipinski definition) is 0. The summed E-state index contributed by atoms with van der Waals surface area (Å²) in [6.07, 6.45) is 21.5.